The van der Waals surface area contributed by atoms with Crippen LogP contribution in [0.5, 0.6) is 0 Å². The summed E-state index contributed by atoms with van der Waals surface area (Å²) in [5.41, 5.74) is 0. The molecule has 4 aliphatic rings. The standard InChI is InChI=1S/C28H43N3O6S/c1-5-8-16-37-26(35)22-21-24(33)31(20(7-3)19-32)23(28(21)10-9-27(22,4)38-28)25(34)30(11-6-2)13-12-29-14-17-36-18-15-29/h5-6,20-23,32H,1-2,7-19H2,3-4H3/t20-,21-,22-,23?,27+,28?/m0/s1. The Morgan fingerprint density at radius 3 is 2.66 bits per heavy atom. The normalized spacial score (nSPS) is 33.2. The summed E-state index contributed by atoms with van der Waals surface area (Å²) >= 11 is 1.63. The summed E-state index contributed by atoms with van der Waals surface area (Å²) in [7, 11) is 0. The van der Waals surface area contributed by atoms with Crippen molar-refractivity contribution in [1.29, 1.82) is 0 Å². The summed E-state index contributed by atoms with van der Waals surface area (Å²) in [6.45, 7) is 16.1. The topological polar surface area (TPSA) is 99.6 Å². The van der Waals surface area contributed by atoms with E-state index in [1.165, 1.54) is 0 Å². The van der Waals surface area contributed by atoms with Gasteiger partial charge < -0.3 is 24.4 Å². The summed E-state index contributed by atoms with van der Waals surface area (Å²) in [6.07, 6.45) is 5.87. The van der Waals surface area contributed by atoms with E-state index in [0.29, 0.717) is 52.1 Å². The van der Waals surface area contributed by atoms with Crippen molar-refractivity contribution in [2.75, 3.05) is 59.2 Å². The summed E-state index contributed by atoms with van der Waals surface area (Å²) in [5, 5.41) is 10.3. The highest BCUT2D eigenvalue weighted by molar-refractivity contribution is 8.02. The number of aliphatic hydroxyl groups excluding tert-OH is 1. The fraction of sp³-hybridized carbons (Fsp3) is 0.750. The van der Waals surface area contributed by atoms with Crippen molar-refractivity contribution in [3.8, 4) is 0 Å². The maximum atomic E-state index is 14.4. The van der Waals surface area contributed by atoms with Crippen molar-refractivity contribution >= 4 is 29.5 Å². The Morgan fingerprint density at radius 1 is 1.29 bits per heavy atom. The number of fused-ring (bicyclic) bond motifs is 1. The van der Waals surface area contributed by atoms with E-state index in [0.717, 1.165) is 19.5 Å². The molecule has 10 heteroatoms. The van der Waals surface area contributed by atoms with Gasteiger partial charge in [0.1, 0.15) is 6.04 Å². The predicted octanol–water partition coefficient (Wildman–Crippen LogP) is 1.70. The van der Waals surface area contributed by atoms with E-state index in [-0.39, 0.29) is 31.0 Å². The minimum absolute atomic E-state index is 0.127. The highest BCUT2D eigenvalue weighted by atomic mass is 32.2. The Labute approximate surface area is 230 Å². The monoisotopic (exact) mass is 549 g/mol. The average Bonchev–Trinajstić information content (AvgIpc) is 3.48. The zero-order valence-electron chi connectivity index (χ0n) is 22.8. The number of thioether (sulfide) groups is 1. The van der Waals surface area contributed by atoms with Crippen LogP contribution in [0.25, 0.3) is 0 Å². The molecule has 0 radical (unpaired) electrons. The van der Waals surface area contributed by atoms with Gasteiger partial charge in [0.05, 0.1) is 49.1 Å². The zero-order chi connectivity index (χ0) is 27.5. The van der Waals surface area contributed by atoms with E-state index in [1.807, 2.05) is 13.8 Å². The van der Waals surface area contributed by atoms with E-state index in [1.54, 1.807) is 33.7 Å². The fourth-order valence-corrected chi connectivity index (χ4v) is 9.17. The molecular formula is C28H43N3O6S. The third-order valence-corrected chi connectivity index (χ3v) is 10.8. The van der Waals surface area contributed by atoms with Crippen LogP contribution in [0, 0.1) is 11.8 Å². The molecule has 2 amide bonds. The molecule has 212 valence electrons. The number of amides is 2. The number of esters is 1. The highest BCUT2D eigenvalue weighted by Crippen LogP contribution is 2.71. The molecule has 0 aromatic heterocycles. The number of ether oxygens (including phenoxy) is 2. The van der Waals surface area contributed by atoms with Crippen LogP contribution in [0.2, 0.25) is 0 Å². The first-order valence-electron chi connectivity index (χ1n) is 13.9. The lowest BCUT2D eigenvalue weighted by atomic mass is 9.66. The summed E-state index contributed by atoms with van der Waals surface area (Å²) in [6, 6.07) is -1.24. The third kappa shape index (κ3) is 5.05. The predicted molar refractivity (Wildman–Crippen MR) is 147 cm³/mol. The minimum atomic E-state index is -0.750. The van der Waals surface area contributed by atoms with E-state index in [9.17, 15) is 19.5 Å². The number of hydrogen-bond acceptors (Lipinski definition) is 8. The summed E-state index contributed by atoms with van der Waals surface area (Å²) in [5.74, 6) is -1.99. The summed E-state index contributed by atoms with van der Waals surface area (Å²) in [4.78, 5) is 47.7. The van der Waals surface area contributed by atoms with Crippen molar-refractivity contribution < 1.29 is 29.0 Å². The van der Waals surface area contributed by atoms with E-state index in [4.69, 9.17) is 9.47 Å². The smallest absolute Gasteiger partial charge is 0.311 e. The van der Waals surface area contributed by atoms with E-state index < -0.39 is 33.4 Å². The molecule has 2 bridgehead atoms. The third-order valence-electron chi connectivity index (χ3n) is 8.80. The van der Waals surface area contributed by atoms with Crippen LogP contribution >= 0.6 is 11.8 Å². The van der Waals surface area contributed by atoms with Gasteiger partial charge in [-0.05, 0) is 32.6 Å². The lowest BCUT2D eigenvalue weighted by Crippen LogP contribution is -2.58. The fourth-order valence-electron chi connectivity index (χ4n) is 6.85. The van der Waals surface area contributed by atoms with Crippen LogP contribution in [0.3, 0.4) is 0 Å². The minimum Gasteiger partial charge on any atom is -0.465 e. The van der Waals surface area contributed by atoms with Gasteiger partial charge in [0.15, 0.2) is 0 Å². The number of morpholine rings is 1. The second-order valence-corrected chi connectivity index (χ2v) is 12.9. The Kier molecular flexibility index (Phi) is 9.27. The molecule has 0 aromatic carbocycles. The number of carbonyl (C=O) groups is 3. The zero-order valence-corrected chi connectivity index (χ0v) is 23.6. The van der Waals surface area contributed by atoms with Crippen molar-refractivity contribution in [2.45, 2.75) is 61.1 Å². The van der Waals surface area contributed by atoms with Crippen LogP contribution in [0.4, 0.5) is 0 Å². The molecule has 4 heterocycles. The lowest BCUT2D eigenvalue weighted by Gasteiger charge is -2.40. The quantitative estimate of drug-likeness (QED) is 0.211. The second kappa shape index (κ2) is 12.1. The van der Waals surface area contributed by atoms with Gasteiger partial charge in [-0.1, -0.05) is 19.1 Å². The molecule has 1 spiro atoms. The molecule has 2 unspecified atom stereocenters. The average molecular weight is 550 g/mol. The molecule has 0 saturated carbocycles. The van der Waals surface area contributed by atoms with Crippen LogP contribution in [0.15, 0.2) is 25.3 Å². The first kappa shape index (κ1) is 29.1. The molecule has 4 rings (SSSR count). The number of hydrogen-bond donors (Lipinski definition) is 1. The van der Waals surface area contributed by atoms with Crippen LogP contribution in [0.1, 0.15) is 39.5 Å². The number of rotatable bonds is 13. The highest BCUT2D eigenvalue weighted by Gasteiger charge is 2.78. The molecule has 0 aliphatic carbocycles. The SMILES string of the molecule is C=CCCOC(=O)[C@@H]1[C@H]2C(=O)N([C@@H](CC)CO)C(C(=O)N(CC=C)CCN3CCOCC3)C23CC[C@@]1(C)S3. The Bertz CT molecular complexity index is 922. The van der Waals surface area contributed by atoms with Crippen LogP contribution in [-0.4, -0.2) is 118 Å². The van der Waals surface area contributed by atoms with Gasteiger partial charge >= 0.3 is 5.97 Å². The number of nitrogens with zero attached hydrogens (tertiary/aromatic N) is 3. The van der Waals surface area contributed by atoms with Crippen LogP contribution in [-0.2, 0) is 23.9 Å². The van der Waals surface area contributed by atoms with Gasteiger partial charge in [0.25, 0.3) is 0 Å². The Hall–Kier alpha value is -1.88. The van der Waals surface area contributed by atoms with E-state index >= 15 is 0 Å². The van der Waals surface area contributed by atoms with Crippen molar-refractivity contribution in [3.05, 3.63) is 25.3 Å². The molecule has 4 saturated heterocycles. The summed E-state index contributed by atoms with van der Waals surface area (Å²) < 4.78 is 9.85. The molecule has 4 fully saturated rings. The molecule has 6 atom stereocenters. The van der Waals surface area contributed by atoms with Gasteiger partial charge in [-0.25, -0.2) is 0 Å². The molecule has 4 aliphatic heterocycles. The number of likely N-dealkylation sites (tertiary alicyclic amines) is 1. The Morgan fingerprint density at radius 2 is 2.03 bits per heavy atom. The first-order chi connectivity index (χ1) is 18.3. The van der Waals surface area contributed by atoms with Crippen molar-refractivity contribution in [1.82, 2.24) is 14.7 Å². The maximum absolute atomic E-state index is 14.4. The van der Waals surface area contributed by atoms with Crippen molar-refractivity contribution in [3.63, 3.8) is 0 Å². The van der Waals surface area contributed by atoms with E-state index in [2.05, 4.69) is 18.1 Å². The van der Waals surface area contributed by atoms with Gasteiger partial charge in [-0.3, -0.25) is 19.3 Å². The van der Waals surface area contributed by atoms with Crippen molar-refractivity contribution in [2.24, 2.45) is 11.8 Å². The number of carbonyl (C=O) groups excluding carboxylic acids is 3. The van der Waals surface area contributed by atoms with Gasteiger partial charge in [-0.2, -0.15) is 0 Å². The van der Waals surface area contributed by atoms with Crippen LogP contribution < -0.4 is 0 Å². The lowest BCUT2D eigenvalue weighted by molar-refractivity contribution is -0.156. The second-order valence-electron chi connectivity index (χ2n) is 11.0. The molecule has 0 aromatic rings. The largest absolute Gasteiger partial charge is 0.465 e. The van der Waals surface area contributed by atoms with Gasteiger partial charge in [-0.15, -0.1) is 24.9 Å². The molecule has 38 heavy (non-hydrogen) atoms. The first-order valence-corrected chi connectivity index (χ1v) is 14.7. The number of aliphatic hydroxyl groups is 1. The molecule has 9 nitrogen and oxygen atoms in total. The maximum Gasteiger partial charge on any atom is 0.311 e. The van der Waals surface area contributed by atoms with Gasteiger partial charge in [0, 0.05) is 37.5 Å². The molecular weight excluding hydrogens is 506 g/mol. The van der Waals surface area contributed by atoms with Gasteiger partial charge in [0.2, 0.25) is 11.8 Å². The molecule has 1 N–H and O–H groups in total. The Balaban J connectivity index is 1.67.